The van der Waals surface area contributed by atoms with E-state index in [2.05, 4.69) is 21.2 Å². The first-order chi connectivity index (χ1) is 8.24. The summed E-state index contributed by atoms with van der Waals surface area (Å²) in [6.07, 6.45) is -0.146. The lowest BCUT2D eigenvalue weighted by atomic mass is 10.1. The van der Waals surface area contributed by atoms with Crippen LogP contribution < -0.4 is 16.2 Å². The summed E-state index contributed by atoms with van der Waals surface area (Å²) in [4.78, 5) is 4.36. The maximum Gasteiger partial charge on any atom is 0.182 e. The van der Waals surface area contributed by atoms with Gasteiger partial charge in [-0.15, -0.1) is 0 Å². The molecule has 1 fully saturated rings. The molecule has 0 aliphatic carbocycles. The van der Waals surface area contributed by atoms with Crippen LogP contribution in [0.1, 0.15) is 11.7 Å². The number of rotatable bonds is 1. The highest BCUT2D eigenvalue weighted by Gasteiger charge is 2.21. The van der Waals surface area contributed by atoms with Crippen LogP contribution in [-0.2, 0) is 0 Å². The highest BCUT2D eigenvalue weighted by atomic mass is 35.5. The lowest BCUT2D eigenvalue weighted by Crippen LogP contribution is -2.26. The number of halogens is 1. The van der Waals surface area contributed by atoms with E-state index in [1.807, 2.05) is 30.3 Å². The van der Waals surface area contributed by atoms with Gasteiger partial charge < -0.3 is 5.32 Å². The number of nitrogens with zero attached hydrogens (tertiary/aromatic N) is 1. The van der Waals surface area contributed by atoms with Crippen molar-refractivity contribution in [2.45, 2.75) is 6.17 Å². The molecule has 17 heavy (non-hydrogen) atoms. The molecule has 2 heterocycles. The molecule has 0 bridgehead atoms. The molecule has 4 nitrogen and oxygen atoms in total. The molecule has 0 saturated carbocycles. The van der Waals surface area contributed by atoms with E-state index in [0.29, 0.717) is 10.3 Å². The second-order valence-electron chi connectivity index (χ2n) is 3.74. The van der Waals surface area contributed by atoms with E-state index in [1.165, 1.54) is 0 Å². The van der Waals surface area contributed by atoms with Crippen molar-refractivity contribution in [2.24, 2.45) is 0 Å². The summed E-state index contributed by atoms with van der Waals surface area (Å²) in [6, 6.07) is 9.85. The molecule has 2 aromatic rings. The number of para-hydroxylation sites is 1. The molecular weight excluding hydrogens is 256 g/mol. The average Bonchev–Trinajstić information content (AvgIpc) is 2.75. The maximum atomic E-state index is 6.17. The summed E-state index contributed by atoms with van der Waals surface area (Å²) in [6.45, 7) is 0. The van der Waals surface area contributed by atoms with Gasteiger partial charge in [0, 0.05) is 10.9 Å². The first-order valence-corrected chi connectivity index (χ1v) is 5.90. The Kier molecular flexibility index (Phi) is 2.58. The fraction of sp³-hybridized carbons (Fsp3) is 0.0909. The van der Waals surface area contributed by atoms with Gasteiger partial charge in [0.1, 0.15) is 11.3 Å². The Labute approximate surface area is 108 Å². The predicted octanol–water partition coefficient (Wildman–Crippen LogP) is 1.87. The van der Waals surface area contributed by atoms with E-state index in [9.17, 15) is 0 Å². The normalized spacial score (nSPS) is 19.1. The highest BCUT2D eigenvalue weighted by Crippen LogP contribution is 2.25. The van der Waals surface area contributed by atoms with Gasteiger partial charge in [-0.1, -0.05) is 29.8 Å². The summed E-state index contributed by atoms with van der Waals surface area (Å²) in [5.41, 5.74) is 7.59. The molecule has 3 N–H and O–H groups in total. The van der Waals surface area contributed by atoms with Crippen LogP contribution in [0.3, 0.4) is 0 Å². The Balaban J connectivity index is 2.10. The molecule has 1 unspecified atom stereocenters. The number of benzene rings is 1. The van der Waals surface area contributed by atoms with Gasteiger partial charge >= 0.3 is 0 Å². The first kappa shape index (κ1) is 10.7. The van der Waals surface area contributed by atoms with Crippen molar-refractivity contribution in [1.29, 1.82) is 0 Å². The number of hydrazine groups is 1. The summed E-state index contributed by atoms with van der Waals surface area (Å²) < 4.78 is 0. The van der Waals surface area contributed by atoms with Crippen LogP contribution in [0.25, 0.3) is 10.9 Å². The van der Waals surface area contributed by atoms with Gasteiger partial charge in [0.05, 0.1) is 5.52 Å². The second-order valence-corrected chi connectivity index (χ2v) is 4.50. The number of pyridine rings is 1. The minimum Gasteiger partial charge on any atom is -0.341 e. The van der Waals surface area contributed by atoms with Crippen molar-refractivity contribution in [1.82, 2.24) is 21.2 Å². The largest absolute Gasteiger partial charge is 0.341 e. The smallest absolute Gasteiger partial charge is 0.182 e. The summed E-state index contributed by atoms with van der Waals surface area (Å²) in [5.74, 6) is 0. The zero-order valence-corrected chi connectivity index (χ0v) is 10.3. The van der Waals surface area contributed by atoms with Crippen molar-refractivity contribution in [3.8, 4) is 0 Å². The molecule has 1 atom stereocenters. The first-order valence-electron chi connectivity index (χ1n) is 5.11. The maximum absolute atomic E-state index is 6.17. The molecule has 6 heteroatoms. The number of fused-ring (bicyclic) bond motifs is 1. The summed E-state index contributed by atoms with van der Waals surface area (Å²) in [5, 5.41) is 5.14. The summed E-state index contributed by atoms with van der Waals surface area (Å²) >= 11 is 11.2. The average molecular weight is 265 g/mol. The Morgan fingerprint density at radius 2 is 2.12 bits per heavy atom. The minimum atomic E-state index is -0.146. The lowest BCUT2D eigenvalue weighted by molar-refractivity contribution is 0.554. The molecule has 0 amide bonds. The van der Waals surface area contributed by atoms with E-state index in [4.69, 9.17) is 23.8 Å². The van der Waals surface area contributed by atoms with Crippen molar-refractivity contribution < 1.29 is 0 Å². The van der Waals surface area contributed by atoms with Gasteiger partial charge in [0.2, 0.25) is 0 Å². The third-order valence-corrected chi connectivity index (χ3v) is 3.14. The van der Waals surface area contributed by atoms with Crippen LogP contribution >= 0.6 is 23.8 Å². The Morgan fingerprint density at radius 1 is 1.29 bits per heavy atom. The third-order valence-electron chi connectivity index (χ3n) is 2.62. The molecular formula is C11H9ClN4S. The van der Waals surface area contributed by atoms with Gasteiger partial charge in [0.15, 0.2) is 5.11 Å². The number of nitrogens with one attached hydrogen (secondary N) is 3. The standard InChI is InChI=1S/C11H9ClN4S/c12-9-7(10-14-11(17)16-15-10)5-6-3-1-2-4-8(6)13-9/h1-5,10,15H,(H2,14,16,17). The van der Waals surface area contributed by atoms with E-state index >= 15 is 0 Å². The molecule has 0 spiro atoms. The van der Waals surface area contributed by atoms with Crippen molar-refractivity contribution in [2.75, 3.05) is 0 Å². The van der Waals surface area contributed by atoms with E-state index in [1.54, 1.807) is 0 Å². The zero-order chi connectivity index (χ0) is 11.8. The molecule has 0 radical (unpaired) electrons. The molecule has 1 aromatic heterocycles. The highest BCUT2D eigenvalue weighted by molar-refractivity contribution is 7.80. The molecule has 86 valence electrons. The van der Waals surface area contributed by atoms with E-state index < -0.39 is 0 Å². The van der Waals surface area contributed by atoms with Gasteiger partial charge in [0.25, 0.3) is 0 Å². The fourth-order valence-corrected chi connectivity index (χ4v) is 2.24. The van der Waals surface area contributed by atoms with E-state index in [0.717, 1.165) is 16.5 Å². The Bertz CT molecular complexity index is 601. The topological polar surface area (TPSA) is 49.0 Å². The number of hydrogen-bond acceptors (Lipinski definition) is 3. The third kappa shape index (κ3) is 1.93. The van der Waals surface area contributed by atoms with Crippen molar-refractivity contribution in [3.05, 3.63) is 41.0 Å². The SMILES string of the molecule is S=C1NNC(c2cc3ccccc3nc2Cl)N1. The van der Waals surface area contributed by atoms with E-state index in [-0.39, 0.29) is 6.17 Å². The van der Waals surface area contributed by atoms with Crippen LogP contribution in [0.2, 0.25) is 5.15 Å². The number of aromatic nitrogens is 1. The second kappa shape index (κ2) is 4.10. The van der Waals surface area contributed by atoms with Gasteiger partial charge in [-0.2, -0.15) is 0 Å². The van der Waals surface area contributed by atoms with Crippen LogP contribution in [-0.4, -0.2) is 10.1 Å². The van der Waals surface area contributed by atoms with Gasteiger partial charge in [-0.05, 0) is 24.4 Å². The Morgan fingerprint density at radius 3 is 2.88 bits per heavy atom. The van der Waals surface area contributed by atoms with Crippen LogP contribution in [0.15, 0.2) is 30.3 Å². The van der Waals surface area contributed by atoms with Crippen LogP contribution in [0, 0.1) is 0 Å². The predicted molar refractivity (Wildman–Crippen MR) is 71.5 cm³/mol. The quantitative estimate of drug-likeness (QED) is 0.542. The zero-order valence-electron chi connectivity index (χ0n) is 8.70. The van der Waals surface area contributed by atoms with Crippen LogP contribution in [0.5, 0.6) is 0 Å². The molecule has 1 aliphatic rings. The number of hydrogen-bond donors (Lipinski definition) is 3. The monoisotopic (exact) mass is 264 g/mol. The van der Waals surface area contributed by atoms with Crippen molar-refractivity contribution in [3.63, 3.8) is 0 Å². The minimum absolute atomic E-state index is 0.146. The van der Waals surface area contributed by atoms with Crippen molar-refractivity contribution >= 4 is 39.8 Å². The summed E-state index contributed by atoms with van der Waals surface area (Å²) in [7, 11) is 0. The molecule has 1 aromatic carbocycles. The molecule has 1 aliphatic heterocycles. The molecule has 3 rings (SSSR count). The number of thiocarbonyl (C=S) groups is 1. The Hall–Kier alpha value is -1.43. The van der Waals surface area contributed by atoms with Gasteiger partial charge in [-0.3, -0.25) is 5.43 Å². The lowest BCUT2D eigenvalue weighted by Gasteiger charge is -2.12. The fourth-order valence-electron chi connectivity index (χ4n) is 1.81. The molecule has 1 saturated heterocycles. The van der Waals surface area contributed by atoms with Gasteiger partial charge in [-0.25, -0.2) is 10.4 Å². The van der Waals surface area contributed by atoms with Crippen LogP contribution in [0.4, 0.5) is 0 Å².